The highest BCUT2D eigenvalue weighted by Crippen LogP contribution is 2.30. The number of hydrogen-bond acceptors (Lipinski definition) is 12. The van der Waals surface area contributed by atoms with Gasteiger partial charge in [-0.3, -0.25) is 38.4 Å². The molecule has 0 aromatic heterocycles. The summed E-state index contributed by atoms with van der Waals surface area (Å²) >= 11 is 0. The van der Waals surface area contributed by atoms with Gasteiger partial charge in [-0.05, 0) is 54.6 Å². The van der Waals surface area contributed by atoms with Crippen molar-refractivity contribution in [2.45, 2.75) is 168 Å². The van der Waals surface area contributed by atoms with E-state index in [-0.39, 0.29) is 92.6 Å². The molecule has 2 aliphatic heterocycles. The molecule has 2 fully saturated rings. The van der Waals surface area contributed by atoms with Crippen LogP contribution in [0.25, 0.3) is 0 Å². The fraction of sp³-hybridized carbons (Fsp3) is 0.643. The highest BCUT2D eigenvalue weighted by Gasteiger charge is 2.44. The topological polar surface area (TPSA) is 210 Å². The van der Waals surface area contributed by atoms with Crippen LogP contribution in [0.3, 0.4) is 0 Å². The third-order valence-corrected chi connectivity index (χ3v) is 14.6. The van der Waals surface area contributed by atoms with Crippen molar-refractivity contribution in [3.63, 3.8) is 0 Å². The fourth-order valence-corrected chi connectivity index (χ4v) is 10.1. The lowest BCUT2D eigenvalue weighted by Crippen LogP contribution is -2.60. The van der Waals surface area contributed by atoms with E-state index >= 15 is 0 Å². The molecule has 2 aromatic carbocycles. The molecule has 18 heteroatoms. The van der Waals surface area contributed by atoms with Crippen LogP contribution in [-0.2, 0) is 70.4 Å². The molecule has 2 saturated heterocycles. The number of nitrogens with one attached hydrogen (secondary N) is 2. The second-order valence-corrected chi connectivity index (χ2v) is 20.6. The summed E-state index contributed by atoms with van der Waals surface area (Å²) in [6.07, 6.45) is 2.67. The number of methoxy groups -OCH3 is 2. The third-order valence-electron chi connectivity index (χ3n) is 14.6. The first-order chi connectivity index (χ1) is 35.2. The number of likely N-dealkylation sites (tertiary alicyclic amines) is 1. The molecule has 2 heterocycles. The molecule has 9 atom stereocenters. The Bertz CT molecular complexity index is 2140. The van der Waals surface area contributed by atoms with Gasteiger partial charge in [-0.1, -0.05) is 122 Å². The van der Waals surface area contributed by atoms with Crippen molar-refractivity contribution >= 4 is 47.3 Å². The van der Waals surface area contributed by atoms with Crippen LogP contribution >= 0.6 is 0 Å². The number of esters is 1. The maximum absolute atomic E-state index is 14.7. The van der Waals surface area contributed by atoms with E-state index in [0.717, 1.165) is 16.2 Å². The van der Waals surface area contributed by atoms with Crippen LogP contribution in [0.4, 0.5) is 0 Å². The molecule has 74 heavy (non-hydrogen) atoms. The standard InChI is InChI=1S/C56H84N6O12/c1-12-38(6)51(60(9)55(69)49(36(2)3)58-54(68)50(37(4)5)59(8)45(63)28-20-15-21-32-74-62-46(64)29-30-47(62)65)44(71-10)34-48(66)61-31-22-27-43(61)52(72-11)39(7)53(67)57-42(33-40-23-16-13-17-24-40)56(70)73-35-41-25-18-14-19-26-41/h13-14,16-19,23-26,36-39,42-44,49-52H,12,15,20-22,27-35H2,1-11H3,(H,57,67)(H,58,68)/t38-,39+,42-,43-,44+,49-,50-,51-,52+/m0/s1. The summed E-state index contributed by atoms with van der Waals surface area (Å²) in [5.74, 6) is -4.54. The first kappa shape index (κ1) is 60.8. The average Bonchev–Trinajstić information content (AvgIpc) is 4.00. The summed E-state index contributed by atoms with van der Waals surface area (Å²) in [5.41, 5.74) is 1.66. The molecule has 4 rings (SSSR count). The van der Waals surface area contributed by atoms with Crippen molar-refractivity contribution in [2.24, 2.45) is 23.7 Å². The van der Waals surface area contributed by atoms with Gasteiger partial charge in [-0.15, -0.1) is 0 Å². The number of ether oxygens (including phenoxy) is 3. The predicted molar refractivity (Wildman–Crippen MR) is 278 cm³/mol. The zero-order valence-electron chi connectivity index (χ0n) is 45.7. The van der Waals surface area contributed by atoms with Crippen LogP contribution in [0.2, 0.25) is 0 Å². The average molecular weight is 1030 g/mol. The van der Waals surface area contributed by atoms with E-state index in [4.69, 9.17) is 19.0 Å². The number of likely N-dealkylation sites (N-methyl/N-ethyl adjacent to an activating group) is 2. The lowest BCUT2D eigenvalue weighted by atomic mass is 9.89. The number of unbranched alkanes of at least 4 members (excludes halogenated alkanes) is 2. The number of carbonyl (C=O) groups is 8. The minimum absolute atomic E-state index is 0.0496. The van der Waals surface area contributed by atoms with Gasteiger partial charge in [-0.2, -0.15) is 5.06 Å². The van der Waals surface area contributed by atoms with E-state index < -0.39 is 66.1 Å². The van der Waals surface area contributed by atoms with Gasteiger partial charge < -0.3 is 39.5 Å². The largest absolute Gasteiger partial charge is 0.459 e. The molecular weight excluding hydrogens is 949 g/mol. The highest BCUT2D eigenvalue weighted by molar-refractivity contribution is 6.00. The number of imide groups is 1. The minimum Gasteiger partial charge on any atom is -0.459 e. The van der Waals surface area contributed by atoms with Gasteiger partial charge >= 0.3 is 5.97 Å². The molecule has 2 N–H and O–H groups in total. The quantitative estimate of drug-likeness (QED) is 0.0553. The van der Waals surface area contributed by atoms with Crippen molar-refractivity contribution in [2.75, 3.05) is 41.5 Å². The molecule has 0 unspecified atom stereocenters. The number of nitrogens with zero attached hydrogens (tertiary/aromatic N) is 4. The van der Waals surface area contributed by atoms with E-state index in [0.29, 0.717) is 45.1 Å². The molecule has 0 radical (unpaired) electrons. The van der Waals surface area contributed by atoms with Crippen molar-refractivity contribution < 1.29 is 57.4 Å². The summed E-state index contributed by atoms with van der Waals surface area (Å²) < 4.78 is 17.8. The van der Waals surface area contributed by atoms with Gasteiger partial charge in [0.05, 0.1) is 43.2 Å². The Kier molecular flexibility index (Phi) is 24.7. The Morgan fingerprint density at radius 3 is 1.95 bits per heavy atom. The normalized spacial score (nSPS) is 18.0. The van der Waals surface area contributed by atoms with Gasteiger partial charge in [0.25, 0.3) is 11.8 Å². The van der Waals surface area contributed by atoms with Crippen LogP contribution in [0, 0.1) is 23.7 Å². The molecule has 18 nitrogen and oxygen atoms in total. The fourth-order valence-electron chi connectivity index (χ4n) is 10.1. The van der Waals surface area contributed by atoms with E-state index in [9.17, 15) is 38.4 Å². The first-order valence-electron chi connectivity index (χ1n) is 26.5. The summed E-state index contributed by atoms with van der Waals surface area (Å²) in [7, 11) is 6.28. The third kappa shape index (κ3) is 16.9. The second-order valence-electron chi connectivity index (χ2n) is 20.6. The molecule has 0 aliphatic carbocycles. The Labute approximate surface area is 438 Å². The summed E-state index contributed by atoms with van der Waals surface area (Å²) in [4.78, 5) is 118. The van der Waals surface area contributed by atoms with Crippen molar-refractivity contribution in [1.29, 1.82) is 0 Å². The zero-order valence-corrected chi connectivity index (χ0v) is 45.7. The molecule has 410 valence electrons. The minimum atomic E-state index is -0.982. The molecule has 2 aliphatic rings. The summed E-state index contributed by atoms with van der Waals surface area (Å²) in [6, 6.07) is 14.8. The van der Waals surface area contributed by atoms with Crippen LogP contribution in [-0.4, -0.2) is 151 Å². The Balaban J connectivity index is 1.42. The smallest absolute Gasteiger partial charge is 0.329 e. The maximum Gasteiger partial charge on any atom is 0.329 e. The molecule has 7 amide bonds. The highest BCUT2D eigenvalue weighted by atomic mass is 16.7. The number of hydroxylamine groups is 2. The second kappa shape index (κ2) is 30.0. The van der Waals surface area contributed by atoms with E-state index in [1.165, 1.54) is 19.1 Å². The number of hydrogen-bond donors (Lipinski definition) is 2. The number of benzene rings is 2. The first-order valence-corrected chi connectivity index (χ1v) is 26.5. The van der Waals surface area contributed by atoms with E-state index in [1.54, 1.807) is 30.8 Å². The molecular formula is C56H84N6O12. The van der Waals surface area contributed by atoms with Crippen molar-refractivity contribution in [1.82, 2.24) is 30.4 Å². The molecule has 0 bridgehead atoms. The van der Waals surface area contributed by atoms with Crippen molar-refractivity contribution in [3.05, 3.63) is 71.8 Å². The van der Waals surface area contributed by atoms with Gasteiger partial charge in [0.1, 0.15) is 24.7 Å². The Morgan fingerprint density at radius 2 is 1.38 bits per heavy atom. The molecule has 0 saturated carbocycles. The maximum atomic E-state index is 14.7. The van der Waals surface area contributed by atoms with Crippen LogP contribution in [0.5, 0.6) is 0 Å². The summed E-state index contributed by atoms with van der Waals surface area (Å²) in [6.45, 7) is 13.7. The lowest BCUT2D eigenvalue weighted by molar-refractivity contribution is -0.187. The van der Waals surface area contributed by atoms with E-state index in [2.05, 4.69) is 10.6 Å². The van der Waals surface area contributed by atoms with Crippen molar-refractivity contribution in [3.8, 4) is 0 Å². The van der Waals surface area contributed by atoms with Crippen LogP contribution < -0.4 is 10.6 Å². The van der Waals surface area contributed by atoms with Gasteiger partial charge in [0.15, 0.2) is 0 Å². The zero-order chi connectivity index (χ0) is 54.6. The van der Waals surface area contributed by atoms with E-state index in [1.807, 2.05) is 102 Å². The number of amides is 7. The Morgan fingerprint density at radius 1 is 0.757 bits per heavy atom. The predicted octanol–water partition coefficient (Wildman–Crippen LogP) is 5.64. The van der Waals surface area contributed by atoms with Crippen LogP contribution in [0.15, 0.2) is 60.7 Å². The van der Waals surface area contributed by atoms with Gasteiger partial charge in [0.2, 0.25) is 29.5 Å². The summed E-state index contributed by atoms with van der Waals surface area (Å²) in [5, 5.41) is 6.74. The Hall–Kier alpha value is -5.72. The lowest BCUT2D eigenvalue weighted by Gasteiger charge is -2.41. The molecule has 2 aromatic rings. The monoisotopic (exact) mass is 1030 g/mol. The molecule has 0 spiro atoms. The SMILES string of the molecule is CC[C@H](C)[C@@H]([C@@H](CC(=O)N1CCC[C@H]1[C@H](OC)[C@@H](C)C(=O)N[C@@H](Cc1ccccc1)C(=O)OCc1ccccc1)OC)N(C)C(=O)[C@@H](NC(=O)[C@H](C(C)C)N(C)C(=O)CCCCCON1C(=O)CCC1=O)C(C)C. The number of carbonyl (C=O) groups excluding carboxylic acids is 8. The van der Waals surface area contributed by atoms with Gasteiger partial charge in [-0.25, -0.2) is 4.79 Å². The van der Waals surface area contributed by atoms with Gasteiger partial charge in [0, 0.05) is 60.5 Å². The number of rotatable bonds is 30. The van der Waals surface area contributed by atoms with Crippen LogP contribution in [0.1, 0.15) is 124 Å².